The number of thioether (sulfide) groups is 1. The van der Waals surface area contributed by atoms with Crippen molar-refractivity contribution >= 4 is 41.0 Å². The minimum atomic E-state index is -0.441. The number of rotatable bonds is 6. The van der Waals surface area contributed by atoms with E-state index in [1.165, 1.54) is 28.8 Å². The van der Waals surface area contributed by atoms with E-state index >= 15 is 0 Å². The van der Waals surface area contributed by atoms with Crippen LogP contribution in [0.2, 0.25) is 5.02 Å². The third-order valence-electron chi connectivity index (χ3n) is 6.53. The molecule has 2 amide bonds. The average Bonchev–Trinajstić information content (AvgIpc) is 3.26. The number of amides is 2. The molecule has 4 aromatic rings. The summed E-state index contributed by atoms with van der Waals surface area (Å²) in [5.41, 5.74) is 3.04. The highest BCUT2D eigenvalue weighted by atomic mass is 35.5. The fourth-order valence-corrected chi connectivity index (χ4v) is 6.09. The second kappa shape index (κ2) is 11.4. The molecule has 0 aliphatic carbocycles. The molecular formula is C30H29ClFN5O2S. The number of nitrogens with one attached hydrogen (secondary N) is 1. The third-order valence-corrected chi connectivity index (χ3v) is 8.10. The van der Waals surface area contributed by atoms with Crippen LogP contribution in [0.25, 0.3) is 5.69 Å². The lowest BCUT2D eigenvalue weighted by Crippen LogP contribution is -2.42. The maximum Gasteiger partial charge on any atom is 0.240 e. The fraction of sp³-hybridized carbons (Fsp3) is 0.267. The van der Waals surface area contributed by atoms with Gasteiger partial charge in [-0.3, -0.25) is 19.5 Å². The minimum absolute atomic E-state index is 0.0927. The molecule has 1 aliphatic rings. The van der Waals surface area contributed by atoms with Gasteiger partial charge in [0.15, 0.2) is 0 Å². The van der Waals surface area contributed by atoms with E-state index in [2.05, 4.69) is 10.3 Å². The quantitative estimate of drug-likeness (QED) is 0.311. The molecule has 1 atom stereocenters. The van der Waals surface area contributed by atoms with Gasteiger partial charge in [0.1, 0.15) is 18.2 Å². The van der Waals surface area contributed by atoms with E-state index in [0.717, 1.165) is 11.3 Å². The molecule has 2 aromatic heterocycles. The molecule has 7 nitrogen and oxygen atoms in total. The van der Waals surface area contributed by atoms with Crippen molar-refractivity contribution in [3.05, 3.63) is 106 Å². The summed E-state index contributed by atoms with van der Waals surface area (Å²) in [6.45, 7) is 6.12. The zero-order valence-corrected chi connectivity index (χ0v) is 24.0. The predicted molar refractivity (Wildman–Crippen MR) is 156 cm³/mol. The number of hydrogen-bond donors (Lipinski definition) is 1. The van der Waals surface area contributed by atoms with Crippen LogP contribution in [-0.2, 0) is 21.5 Å². The highest BCUT2D eigenvalue weighted by molar-refractivity contribution is 8.00. The summed E-state index contributed by atoms with van der Waals surface area (Å²) in [4.78, 5) is 32.7. The molecule has 0 saturated heterocycles. The molecule has 0 saturated carbocycles. The molecule has 0 unspecified atom stereocenters. The van der Waals surface area contributed by atoms with Crippen LogP contribution in [-0.4, -0.2) is 38.9 Å². The van der Waals surface area contributed by atoms with Gasteiger partial charge in [0.05, 0.1) is 39.6 Å². The topological polar surface area (TPSA) is 80.1 Å². The van der Waals surface area contributed by atoms with Gasteiger partial charge >= 0.3 is 0 Å². The summed E-state index contributed by atoms with van der Waals surface area (Å²) in [5, 5.41) is 7.92. The van der Waals surface area contributed by atoms with Gasteiger partial charge in [0, 0.05) is 17.2 Å². The summed E-state index contributed by atoms with van der Waals surface area (Å²) < 4.78 is 16.1. The van der Waals surface area contributed by atoms with Crippen molar-refractivity contribution in [2.45, 2.75) is 38.0 Å². The smallest absolute Gasteiger partial charge is 0.240 e. The Balaban J connectivity index is 1.67. The third kappa shape index (κ3) is 5.76. The number of fused-ring (bicyclic) bond motifs is 1. The molecule has 1 aliphatic heterocycles. The average molecular weight is 578 g/mol. The molecule has 1 N–H and O–H groups in total. The van der Waals surface area contributed by atoms with Crippen molar-refractivity contribution < 1.29 is 14.0 Å². The molecule has 2 aromatic carbocycles. The Bertz CT molecular complexity index is 1550. The Hall–Kier alpha value is -3.69. The first-order chi connectivity index (χ1) is 19.1. The Kier molecular flexibility index (Phi) is 7.96. The van der Waals surface area contributed by atoms with Crippen LogP contribution >= 0.6 is 23.4 Å². The van der Waals surface area contributed by atoms with Gasteiger partial charge < -0.3 is 5.32 Å². The van der Waals surface area contributed by atoms with Crippen molar-refractivity contribution in [2.75, 3.05) is 17.2 Å². The molecule has 0 radical (unpaired) electrons. The van der Waals surface area contributed by atoms with Crippen LogP contribution in [0.3, 0.4) is 0 Å². The maximum absolute atomic E-state index is 14.4. The van der Waals surface area contributed by atoms with Crippen LogP contribution in [0, 0.1) is 5.82 Å². The number of aromatic nitrogens is 3. The second-order valence-corrected chi connectivity index (χ2v) is 12.0. The summed E-state index contributed by atoms with van der Waals surface area (Å²) in [5.74, 6) is -0.419. The molecule has 0 bridgehead atoms. The van der Waals surface area contributed by atoms with Crippen molar-refractivity contribution in [1.29, 1.82) is 0 Å². The number of anilines is 1. The highest BCUT2D eigenvalue weighted by Gasteiger charge is 2.40. The van der Waals surface area contributed by atoms with Crippen LogP contribution < -0.4 is 10.2 Å². The molecule has 0 fully saturated rings. The lowest BCUT2D eigenvalue weighted by Gasteiger charge is -2.24. The number of hydrogen-bond acceptors (Lipinski definition) is 5. The van der Waals surface area contributed by atoms with Crippen molar-refractivity contribution in [2.24, 2.45) is 0 Å². The van der Waals surface area contributed by atoms with E-state index in [-0.39, 0.29) is 36.5 Å². The van der Waals surface area contributed by atoms with Crippen molar-refractivity contribution in [3.8, 4) is 5.69 Å². The van der Waals surface area contributed by atoms with Gasteiger partial charge in [-0.15, -0.1) is 11.8 Å². The van der Waals surface area contributed by atoms with Crippen molar-refractivity contribution in [1.82, 2.24) is 20.1 Å². The first kappa shape index (κ1) is 27.9. The van der Waals surface area contributed by atoms with Crippen molar-refractivity contribution in [3.63, 3.8) is 0 Å². The Morgan fingerprint density at radius 1 is 1.12 bits per heavy atom. The van der Waals surface area contributed by atoms with Gasteiger partial charge in [-0.2, -0.15) is 5.10 Å². The number of halogens is 2. The van der Waals surface area contributed by atoms with E-state index in [4.69, 9.17) is 16.7 Å². The van der Waals surface area contributed by atoms with Crippen LogP contribution in [0.4, 0.5) is 10.2 Å². The fourth-order valence-electron chi connectivity index (χ4n) is 4.69. The molecule has 0 spiro atoms. The zero-order valence-electron chi connectivity index (χ0n) is 22.4. The number of para-hydroxylation sites is 1. The summed E-state index contributed by atoms with van der Waals surface area (Å²) >= 11 is 8.04. The van der Waals surface area contributed by atoms with Crippen LogP contribution in [0.15, 0.2) is 72.9 Å². The van der Waals surface area contributed by atoms with Gasteiger partial charge in [-0.25, -0.2) is 9.07 Å². The van der Waals surface area contributed by atoms with E-state index in [0.29, 0.717) is 27.8 Å². The van der Waals surface area contributed by atoms with E-state index in [1.54, 1.807) is 29.1 Å². The second-order valence-electron chi connectivity index (χ2n) is 10.5. The normalized spacial score (nSPS) is 15.5. The van der Waals surface area contributed by atoms with Gasteiger partial charge in [-0.05, 0) is 42.0 Å². The van der Waals surface area contributed by atoms with Gasteiger partial charge in [0.2, 0.25) is 11.8 Å². The standard InChI is InChI=1S/C30H29ClFN5O2S/c1-30(2,3)28-26-27(19-9-8-10-20(32)15-19)40-18-25(39)36(17-24(38)34-16-21-11-6-7-14-33-21)29(26)37(35-28)23-13-5-4-12-22(23)31/h4-15,27H,16-18H2,1-3H3,(H,34,38)/t27-/m0/s1. The molecule has 5 rings (SSSR count). The van der Waals surface area contributed by atoms with E-state index in [9.17, 15) is 14.0 Å². The first-order valence-electron chi connectivity index (χ1n) is 12.9. The molecule has 10 heteroatoms. The summed E-state index contributed by atoms with van der Waals surface area (Å²) in [7, 11) is 0. The molecule has 40 heavy (non-hydrogen) atoms. The maximum atomic E-state index is 14.4. The predicted octanol–water partition coefficient (Wildman–Crippen LogP) is 5.84. The van der Waals surface area contributed by atoms with E-state index < -0.39 is 10.7 Å². The lowest BCUT2D eigenvalue weighted by molar-refractivity contribution is -0.123. The Morgan fingerprint density at radius 2 is 1.90 bits per heavy atom. The lowest BCUT2D eigenvalue weighted by atomic mass is 9.87. The summed E-state index contributed by atoms with van der Waals surface area (Å²) in [6, 6.07) is 19.1. The minimum Gasteiger partial charge on any atom is -0.349 e. The van der Waals surface area contributed by atoms with Gasteiger partial charge in [-0.1, -0.05) is 62.7 Å². The number of benzene rings is 2. The number of carbonyl (C=O) groups is 2. The largest absolute Gasteiger partial charge is 0.349 e. The molecule has 3 heterocycles. The number of pyridine rings is 1. The first-order valence-corrected chi connectivity index (χ1v) is 14.3. The van der Waals surface area contributed by atoms with E-state index in [1.807, 2.05) is 57.2 Å². The highest BCUT2D eigenvalue weighted by Crippen LogP contribution is 2.48. The Labute approximate surface area is 241 Å². The number of nitrogens with zero attached hydrogens (tertiary/aromatic N) is 4. The molecular weight excluding hydrogens is 549 g/mol. The van der Waals surface area contributed by atoms with Crippen LogP contribution in [0.1, 0.15) is 48.5 Å². The SMILES string of the molecule is CC(C)(C)c1nn(-c2ccccc2Cl)c2c1[C@H](c1cccc(F)c1)SCC(=O)N2CC(=O)NCc1ccccn1. The zero-order chi connectivity index (χ0) is 28.4. The number of carbonyl (C=O) groups excluding carboxylic acids is 2. The van der Waals surface area contributed by atoms with Gasteiger partial charge in [0.25, 0.3) is 0 Å². The Morgan fingerprint density at radius 3 is 2.60 bits per heavy atom. The monoisotopic (exact) mass is 577 g/mol. The molecule has 206 valence electrons. The van der Waals surface area contributed by atoms with Crippen LogP contribution in [0.5, 0.6) is 0 Å². The summed E-state index contributed by atoms with van der Waals surface area (Å²) in [6.07, 6.45) is 1.66.